The molecule has 0 amide bonds. The number of benzene rings is 2. The van der Waals surface area contributed by atoms with Crippen molar-refractivity contribution in [2.45, 2.75) is 46.1 Å². The van der Waals surface area contributed by atoms with Gasteiger partial charge in [0.25, 0.3) is 0 Å². The van der Waals surface area contributed by atoms with Gasteiger partial charge in [-0.1, -0.05) is 38.1 Å². The van der Waals surface area contributed by atoms with Crippen LogP contribution in [0.2, 0.25) is 0 Å². The zero-order valence-electron chi connectivity index (χ0n) is 15.1. The Morgan fingerprint density at radius 3 is 1.52 bits per heavy atom. The van der Waals surface area contributed by atoms with Crippen LogP contribution < -0.4 is 9.47 Å². The van der Waals surface area contributed by atoms with E-state index >= 15 is 0 Å². The molecule has 0 N–H and O–H groups in total. The second kappa shape index (κ2) is 7.08. The van der Waals surface area contributed by atoms with Crippen molar-refractivity contribution >= 4 is 0 Å². The first-order chi connectivity index (χ1) is 10.8. The summed E-state index contributed by atoms with van der Waals surface area (Å²) in [7, 11) is 1.70. The van der Waals surface area contributed by atoms with Gasteiger partial charge in [0.1, 0.15) is 17.1 Å². The van der Waals surface area contributed by atoms with Crippen LogP contribution in [0.3, 0.4) is 0 Å². The summed E-state index contributed by atoms with van der Waals surface area (Å²) in [5, 5.41) is 0. The van der Waals surface area contributed by atoms with E-state index in [0.717, 1.165) is 11.5 Å². The third kappa shape index (κ3) is 4.75. The zero-order chi connectivity index (χ0) is 17.0. The Morgan fingerprint density at radius 1 is 0.739 bits per heavy atom. The van der Waals surface area contributed by atoms with Crippen LogP contribution in [0.5, 0.6) is 11.5 Å². The van der Waals surface area contributed by atoms with Crippen molar-refractivity contribution in [3.63, 3.8) is 0 Å². The molecule has 2 rings (SSSR count). The lowest BCUT2D eigenvalue weighted by atomic mass is 9.82. The molecule has 0 radical (unpaired) electrons. The molecule has 2 nitrogen and oxygen atoms in total. The molecule has 0 saturated carbocycles. The third-order valence-corrected chi connectivity index (χ3v) is 3.80. The molecule has 2 aromatic carbocycles. The van der Waals surface area contributed by atoms with Crippen LogP contribution >= 0.6 is 0 Å². The van der Waals surface area contributed by atoms with Gasteiger partial charge in [0.2, 0.25) is 0 Å². The van der Waals surface area contributed by atoms with E-state index in [4.69, 9.17) is 9.47 Å². The molecule has 0 aromatic heterocycles. The first-order valence-corrected chi connectivity index (χ1v) is 8.23. The predicted molar refractivity (Wildman–Crippen MR) is 96.5 cm³/mol. The SMILES string of the molecule is COc1ccc(C(c2ccc(OC(C)(C)C)cc2)C(C)C)cc1. The van der Waals surface area contributed by atoms with Gasteiger partial charge in [0, 0.05) is 5.92 Å². The zero-order valence-corrected chi connectivity index (χ0v) is 15.1. The highest BCUT2D eigenvalue weighted by molar-refractivity contribution is 5.38. The van der Waals surface area contributed by atoms with Gasteiger partial charge in [-0.2, -0.15) is 0 Å². The largest absolute Gasteiger partial charge is 0.497 e. The van der Waals surface area contributed by atoms with Gasteiger partial charge < -0.3 is 9.47 Å². The van der Waals surface area contributed by atoms with Gasteiger partial charge in [0.15, 0.2) is 0 Å². The summed E-state index contributed by atoms with van der Waals surface area (Å²) in [6.45, 7) is 10.7. The molecule has 1 atom stereocenters. The molecule has 0 fully saturated rings. The molecule has 0 saturated heterocycles. The topological polar surface area (TPSA) is 18.5 Å². The van der Waals surface area contributed by atoms with Crippen molar-refractivity contribution in [1.29, 1.82) is 0 Å². The second-order valence-electron chi connectivity index (χ2n) is 7.28. The van der Waals surface area contributed by atoms with Crippen molar-refractivity contribution < 1.29 is 9.47 Å². The molecule has 1 unspecified atom stereocenters. The first-order valence-electron chi connectivity index (χ1n) is 8.23. The van der Waals surface area contributed by atoms with Gasteiger partial charge in [-0.25, -0.2) is 0 Å². The first kappa shape index (κ1) is 17.4. The Balaban J connectivity index is 2.27. The fourth-order valence-corrected chi connectivity index (χ4v) is 2.87. The van der Waals surface area contributed by atoms with E-state index in [-0.39, 0.29) is 5.60 Å². The molecule has 2 heteroatoms. The van der Waals surface area contributed by atoms with Gasteiger partial charge in [0.05, 0.1) is 7.11 Å². The van der Waals surface area contributed by atoms with E-state index in [1.807, 2.05) is 12.1 Å². The summed E-state index contributed by atoms with van der Waals surface area (Å²) in [6, 6.07) is 16.9. The van der Waals surface area contributed by atoms with Crippen LogP contribution in [-0.4, -0.2) is 12.7 Å². The molecule has 0 aliphatic carbocycles. The highest BCUT2D eigenvalue weighted by atomic mass is 16.5. The van der Waals surface area contributed by atoms with Crippen molar-refractivity contribution in [3.05, 3.63) is 59.7 Å². The Morgan fingerprint density at radius 2 is 1.17 bits per heavy atom. The summed E-state index contributed by atoms with van der Waals surface area (Å²) >= 11 is 0. The van der Waals surface area contributed by atoms with Gasteiger partial charge in [-0.3, -0.25) is 0 Å². The normalized spacial score (nSPS) is 13.0. The molecular formula is C21H28O2. The van der Waals surface area contributed by atoms with E-state index in [2.05, 4.69) is 71.0 Å². The molecule has 23 heavy (non-hydrogen) atoms. The van der Waals surface area contributed by atoms with E-state index in [1.165, 1.54) is 11.1 Å². The summed E-state index contributed by atoms with van der Waals surface area (Å²) < 4.78 is 11.2. The second-order valence-corrected chi connectivity index (χ2v) is 7.28. The van der Waals surface area contributed by atoms with Crippen LogP contribution in [-0.2, 0) is 0 Å². The Bertz CT molecular complexity index is 604. The highest BCUT2D eigenvalue weighted by Crippen LogP contribution is 2.34. The van der Waals surface area contributed by atoms with Crippen LogP contribution in [0.4, 0.5) is 0 Å². The molecule has 0 aliphatic heterocycles. The maximum atomic E-state index is 5.92. The molecule has 0 aliphatic rings. The van der Waals surface area contributed by atoms with Gasteiger partial charge >= 0.3 is 0 Å². The molecule has 0 bridgehead atoms. The van der Waals surface area contributed by atoms with Crippen LogP contribution in [0, 0.1) is 5.92 Å². The summed E-state index contributed by atoms with van der Waals surface area (Å²) in [6.07, 6.45) is 0. The summed E-state index contributed by atoms with van der Waals surface area (Å²) in [5.74, 6) is 2.69. The minimum Gasteiger partial charge on any atom is -0.497 e. The van der Waals surface area contributed by atoms with Gasteiger partial charge in [-0.05, 0) is 62.1 Å². The van der Waals surface area contributed by atoms with Crippen molar-refractivity contribution in [2.24, 2.45) is 5.92 Å². The van der Waals surface area contributed by atoms with Crippen molar-refractivity contribution in [3.8, 4) is 11.5 Å². The Labute approximate surface area is 140 Å². The third-order valence-electron chi connectivity index (χ3n) is 3.80. The van der Waals surface area contributed by atoms with E-state index in [1.54, 1.807) is 7.11 Å². The number of hydrogen-bond donors (Lipinski definition) is 0. The summed E-state index contributed by atoms with van der Waals surface area (Å²) in [4.78, 5) is 0. The quantitative estimate of drug-likeness (QED) is 0.709. The Kier molecular flexibility index (Phi) is 5.35. The number of ether oxygens (including phenoxy) is 2. The summed E-state index contributed by atoms with van der Waals surface area (Å²) in [5.41, 5.74) is 2.45. The smallest absolute Gasteiger partial charge is 0.120 e. The van der Waals surface area contributed by atoms with E-state index in [9.17, 15) is 0 Å². The van der Waals surface area contributed by atoms with E-state index in [0.29, 0.717) is 11.8 Å². The standard InChI is InChI=1S/C21H28O2/c1-15(2)20(16-7-11-18(22-6)12-8-16)17-9-13-19(14-10-17)23-21(3,4)5/h7-15,20H,1-6H3. The minimum absolute atomic E-state index is 0.172. The molecular weight excluding hydrogens is 284 g/mol. The highest BCUT2D eigenvalue weighted by Gasteiger charge is 2.19. The maximum Gasteiger partial charge on any atom is 0.120 e. The van der Waals surface area contributed by atoms with Crippen LogP contribution in [0.25, 0.3) is 0 Å². The lowest BCUT2D eigenvalue weighted by Gasteiger charge is -2.24. The average Bonchev–Trinajstić information content (AvgIpc) is 2.48. The van der Waals surface area contributed by atoms with E-state index < -0.39 is 0 Å². The minimum atomic E-state index is -0.172. The van der Waals surface area contributed by atoms with Crippen molar-refractivity contribution in [2.75, 3.05) is 7.11 Å². The van der Waals surface area contributed by atoms with Crippen molar-refractivity contribution in [1.82, 2.24) is 0 Å². The molecule has 0 spiro atoms. The molecule has 124 valence electrons. The monoisotopic (exact) mass is 312 g/mol. The number of hydrogen-bond acceptors (Lipinski definition) is 2. The fourth-order valence-electron chi connectivity index (χ4n) is 2.87. The number of rotatable bonds is 5. The number of methoxy groups -OCH3 is 1. The Hall–Kier alpha value is -1.96. The fraction of sp³-hybridized carbons (Fsp3) is 0.429. The molecule has 2 aromatic rings. The van der Waals surface area contributed by atoms with Gasteiger partial charge in [-0.15, -0.1) is 0 Å². The maximum absolute atomic E-state index is 5.92. The average molecular weight is 312 g/mol. The van der Waals surface area contributed by atoms with Crippen LogP contribution in [0.1, 0.15) is 51.7 Å². The lowest BCUT2D eigenvalue weighted by molar-refractivity contribution is 0.131. The lowest BCUT2D eigenvalue weighted by Crippen LogP contribution is -2.22. The molecule has 0 heterocycles. The van der Waals surface area contributed by atoms with Crippen LogP contribution in [0.15, 0.2) is 48.5 Å². The predicted octanol–water partition coefficient (Wildman–Crippen LogP) is 5.66.